The summed E-state index contributed by atoms with van der Waals surface area (Å²) >= 11 is 6.34. The van der Waals surface area contributed by atoms with Crippen LogP contribution in [0.4, 0.5) is 0 Å². The van der Waals surface area contributed by atoms with E-state index in [1.54, 1.807) is 6.07 Å². The summed E-state index contributed by atoms with van der Waals surface area (Å²) in [5.74, 6) is 0.865. The minimum Gasteiger partial charge on any atom is -0.489 e. The molecule has 0 saturated carbocycles. The average Bonchev–Trinajstić information content (AvgIpc) is 2.96. The fraction of sp³-hybridized carbons (Fsp3) is 0.391. The van der Waals surface area contributed by atoms with E-state index in [1.165, 1.54) is 0 Å². The molecule has 7 heteroatoms. The van der Waals surface area contributed by atoms with Gasteiger partial charge in [0, 0.05) is 19.4 Å². The molecular weight excluding hydrogens is 404 g/mol. The monoisotopic (exact) mass is 430 g/mol. The second-order valence-electron chi connectivity index (χ2n) is 7.68. The van der Waals surface area contributed by atoms with Gasteiger partial charge in [-0.2, -0.15) is 0 Å². The Labute approximate surface area is 181 Å². The maximum absolute atomic E-state index is 13.0. The maximum Gasteiger partial charge on any atom is 0.247 e. The lowest BCUT2D eigenvalue weighted by molar-refractivity contribution is -0.129. The first-order valence-corrected chi connectivity index (χ1v) is 10.5. The van der Waals surface area contributed by atoms with Gasteiger partial charge in [0.05, 0.1) is 18.2 Å². The van der Waals surface area contributed by atoms with Crippen molar-refractivity contribution in [1.29, 1.82) is 0 Å². The Morgan fingerprint density at radius 1 is 1.10 bits per heavy atom. The van der Waals surface area contributed by atoms with E-state index in [0.717, 1.165) is 17.5 Å². The number of hydrogen-bond donors (Lipinski definition) is 2. The fourth-order valence-electron chi connectivity index (χ4n) is 3.21. The van der Waals surface area contributed by atoms with Crippen molar-refractivity contribution < 1.29 is 19.1 Å². The molecule has 2 N–H and O–H groups in total. The molecule has 0 spiro atoms. The molecule has 0 radical (unpaired) electrons. The number of nitrogens with one attached hydrogen (secondary N) is 2. The Bertz CT molecular complexity index is 886. The zero-order chi connectivity index (χ0) is 21.5. The molecule has 3 rings (SSSR count). The van der Waals surface area contributed by atoms with Gasteiger partial charge in [0.25, 0.3) is 0 Å². The summed E-state index contributed by atoms with van der Waals surface area (Å²) in [6.45, 7) is 5.28. The van der Waals surface area contributed by atoms with Crippen LogP contribution in [0.25, 0.3) is 0 Å². The van der Waals surface area contributed by atoms with Gasteiger partial charge < -0.3 is 20.1 Å². The van der Waals surface area contributed by atoms with Crippen LogP contribution in [0.15, 0.2) is 42.5 Å². The van der Waals surface area contributed by atoms with E-state index in [-0.39, 0.29) is 24.3 Å². The largest absolute Gasteiger partial charge is 0.489 e. The molecule has 2 amide bonds. The molecule has 0 saturated heterocycles. The number of amides is 2. The molecule has 0 aliphatic carbocycles. The second-order valence-corrected chi connectivity index (χ2v) is 8.09. The SMILES string of the molecule is CC(C)CC(=O)NC(C(=O)NCc1cc(Cl)c2c(c1)OCCCO2)c1ccccc1. The lowest BCUT2D eigenvalue weighted by Gasteiger charge is -2.20. The molecule has 2 aromatic carbocycles. The summed E-state index contributed by atoms with van der Waals surface area (Å²) in [6, 6.07) is 12.0. The molecule has 2 aromatic rings. The van der Waals surface area contributed by atoms with Crippen molar-refractivity contribution in [2.24, 2.45) is 5.92 Å². The van der Waals surface area contributed by atoms with Crippen LogP contribution in [0.3, 0.4) is 0 Å². The number of carbonyl (C=O) groups excluding carboxylic acids is 2. The van der Waals surface area contributed by atoms with E-state index in [0.29, 0.717) is 36.2 Å². The van der Waals surface area contributed by atoms with Gasteiger partial charge in [0.2, 0.25) is 11.8 Å². The Balaban J connectivity index is 1.72. The minimum atomic E-state index is -0.770. The van der Waals surface area contributed by atoms with Crippen LogP contribution < -0.4 is 20.1 Å². The van der Waals surface area contributed by atoms with Crippen LogP contribution in [-0.4, -0.2) is 25.0 Å². The standard InChI is InChI=1S/C23H27ClN2O4/c1-15(2)11-20(27)26-21(17-7-4-3-5-8-17)23(28)25-14-16-12-18(24)22-19(13-16)29-9-6-10-30-22/h3-5,7-8,12-13,15,21H,6,9-11,14H2,1-2H3,(H,25,28)(H,26,27). The third-order valence-corrected chi connectivity index (χ3v) is 4.90. The number of rotatable bonds is 7. The van der Waals surface area contributed by atoms with Crippen molar-refractivity contribution >= 4 is 23.4 Å². The molecule has 1 heterocycles. The Morgan fingerprint density at radius 3 is 2.57 bits per heavy atom. The number of ether oxygens (including phenoxy) is 2. The fourth-order valence-corrected chi connectivity index (χ4v) is 3.50. The molecule has 0 fully saturated rings. The maximum atomic E-state index is 13.0. The minimum absolute atomic E-state index is 0.160. The first-order valence-electron chi connectivity index (χ1n) is 10.1. The predicted molar refractivity (Wildman–Crippen MR) is 116 cm³/mol. The van der Waals surface area contributed by atoms with E-state index in [1.807, 2.05) is 50.2 Å². The molecule has 1 aliphatic heterocycles. The van der Waals surface area contributed by atoms with Gasteiger partial charge >= 0.3 is 0 Å². The van der Waals surface area contributed by atoms with Gasteiger partial charge in [-0.05, 0) is 29.2 Å². The zero-order valence-electron chi connectivity index (χ0n) is 17.2. The Hall–Kier alpha value is -2.73. The topological polar surface area (TPSA) is 76.7 Å². The highest BCUT2D eigenvalue weighted by atomic mass is 35.5. The average molecular weight is 431 g/mol. The summed E-state index contributed by atoms with van der Waals surface area (Å²) in [5.41, 5.74) is 1.52. The Morgan fingerprint density at radius 2 is 1.83 bits per heavy atom. The van der Waals surface area contributed by atoms with Crippen LogP contribution in [0.2, 0.25) is 5.02 Å². The number of halogens is 1. The predicted octanol–water partition coefficient (Wildman–Crippen LogP) is 4.02. The highest BCUT2D eigenvalue weighted by Crippen LogP contribution is 2.38. The number of fused-ring (bicyclic) bond motifs is 1. The first kappa shape index (κ1) is 22.0. The zero-order valence-corrected chi connectivity index (χ0v) is 18.0. The van der Waals surface area contributed by atoms with Crippen LogP contribution in [0.1, 0.15) is 43.9 Å². The third kappa shape index (κ3) is 5.89. The second kappa shape index (κ2) is 10.3. The van der Waals surface area contributed by atoms with Crippen molar-refractivity contribution in [2.45, 2.75) is 39.3 Å². The molecule has 1 aliphatic rings. The third-order valence-electron chi connectivity index (χ3n) is 4.62. The van der Waals surface area contributed by atoms with Crippen LogP contribution in [0.5, 0.6) is 11.5 Å². The van der Waals surface area contributed by atoms with E-state index < -0.39 is 6.04 Å². The molecule has 1 unspecified atom stereocenters. The van der Waals surface area contributed by atoms with Crippen molar-refractivity contribution in [3.05, 3.63) is 58.6 Å². The molecule has 160 valence electrons. The van der Waals surface area contributed by atoms with Crippen LogP contribution in [-0.2, 0) is 16.1 Å². The molecule has 0 aromatic heterocycles. The van der Waals surface area contributed by atoms with Gasteiger partial charge in [-0.1, -0.05) is 55.8 Å². The number of benzene rings is 2. The van der Waals surface area contributed by atoms with Gasteiger partial charge in [0.15, 0.2) is 11.5 Å². The van der Waals surface area contributed by atoms with Crippen molar-refractivity contribution in [3.63, 3.8) is 0 Å². The summed E-state index contributed by atoms with van der Waals surface area (Å²) in [4.78, 5) is 25.3. The molecule has 1 atom stereocenters. The van der Waals surface area contributed by atoms with Crippen LogP contribution >= 0.6 is 11.6 Å². The van der Waals surface area contributed by atoms with Gasteiger partial charge in [-0.15, -0.1) is 0 Å². The van der Waals surface area contributed by atoms with Gasteiger partial charge in [-0.3, -0.25) is 9.59 Å². The smallest absolute Gasteiger partial charge is 0.247 e. The summed E-state index contributed by atoms with van der Waals surface area (Å²) in [7, 11) is 0. The van der Waals surface area contributed by atoms with Crippen molar-refractivity contribution in [2.75, 3.05) is 13.2 Å². The molecule has 6 nitrogen and oxygen atoms in total. The van der Waals surface area contributed by atoms with E-state index >= 15 is 0 Å². The first-order chi connectivity index (χ1) is 14.4. The summed E-state index contributed by atoms with van der Waals surface area (Å²) in [5, 5.41) is 6.19. The van der Waals surface area contributed by atoms with Gasteiger partial charge in [-0.25, -0.2) is 0 Å². The lowest BCUT2D eigenvalue weighted by atomic mass is 10.0. The molecule has 30 heavy (non-hydrogen) atoms. The highest BCUT2D eigenvalue weighted by Gasteiger charge is 2.23. The van der Waals surface area contributed by atoms with Crippen molar-refractivity contribution in [1.82, 2.24) is 10.6 Å². The molecular formula is C23H27ClN2O4. The lowest BCUT2D eigenvalue weighted by Crippen LogP contribution is -2.40. The van der Waals surface area contributed by atoms with Crippen LogP contribution in [0, 0.1) is 5.92 Å². The van der Waals surface area contributed by atoms with Gasteiger partial charge in [0.1, 0.15) is 6.04 Å². The molecule has 0 bridgehead atoms. The normalized spacial score (nSPS) is 14.0. The van der Waals surface area contributed by atoms with E-state index in [4.69, 9.17) is 21.1 Å². The Kier molecular flexibility index (Phi) is 7.57. The summed E-state index contributed by atoms with van der Waals surface area (Å²) in [6.07, 6.45) is 1.14. The number of hydrogen-bond acceptors (Lipinski definition) is 4. The van der Waals surface area contributed by atoms with Crippen molar-refractivity contribution in [3.8, 4) is 11.5 Å². The van der Waals surface area contributed by atoms with E-state index in [9.17, 15) is 9.59 Å². The quantitative estimate of drug-likeness (QED) is 0.695. The summed E-state index contributed by atoms with van der Waals surface area (Å²) < 4.78 is 11.3. The highest BCUT2D eigenvalue weighted by molar-refractivity contribution is 6.32. The van der Waals surface area contributed by atoms with E-state index in [2.05, 4.69) is 10.6 Å². The number of carbonyl (C=O) groups is 2.